The van der Waals surface area contributed by atoms with Crippen molar-refractivity contribution in [3.8, 4) is 5.75 Å². The number of fused-ring (bicyclic) bond motifs is 1. The van der Waals surface area contributed by atoms with Gasteiger partial charge in [-0.15, -0.1) is 0 Å². The third kappa shape index (κ3) is 17.4. The molecule has 2 aliphatic rings. The molecule has 1 aromatic carbocycles. The second-order valence-corrected chi connectivity index (χ2v) is 18.3. The molecule has 1 heterocycles. The first-order valence-corrected chi connectivity index (χ1v) is 22.2. The van der Waals surface area contributed by atoms with Gasteiger partial charge in [0.05, 0.1) is 31.5 Å². The fourth-order valence-electron chi connectivity index (χ4n) is 7.24. The lowest BCUT2D eigenvalue weighted by Gasteiger charge is -2.34. The minimum atomic E-state index is 0.213. The Bertz CT molecular complexity index is 939. The summed E-state index contributed by atoms with van der Waals surface area (Å²) in [6, 6.07) is 6.80. The second-order valence-electron chi connectivity index (χ2n) is 15.6. The zero-order valence-electron chi connectivity index (χ0n) is 31.6. The Labute approximate surface area is 299 Å². The highest BCUT2D eigenvalue weighted by Crippen LogP contribution is 2.33. The van der Waals surface area contributed by atoms with Gasteiger partial charge in [-0.2, -0.15) is 0 Å². The quantitative estimate of drug-likeness (QED) is 0.0674. The zero-order valence-corrected chi connectivity index (χ0v) is 33.2. The van der Waals surface area contributed by atoms with Gasteiger partial charge in [0.25, 0.3) is 0 Å². The summed E-state index contributed by atoms with van der Waals surface area (Å²) in [5.74, 6) is 6.48. The standard InChI is InChI=1S/C41H73NO3S2/c1-8-40(41(45-33(4)5)29-36-18-11-19-36)44-26-28-47-46-27-25-43-39-21-20-38-31-42(24-22-37(38)30-39)23-12-17-35(7)16-10-15-34(6)14-9-13-32(2)3/h20-21,30,32-36,40-41H,8-19,22-29,31H2,1-7H3. The fourth-order valence-corrected chi connectivity index (χ4v) is 8.91. The van der Waals surface area contributed by atoms with Crippen molar-refractivity contribution >= 4 is 21.6 Å². The molecule has 0 bridgehead atoms. The summed E-state index contributed by atoms with van der Waals surface area (Å²) < 4.78 is 18.8. The smallest absolute Gasteiger partial charge is 0.119 e. The number of ether oxygens (including phenoxy) is 3. The van der Waals surface area contributed by atoms with Gasteiger partial charge in [-0.25, -0.2) is 0 Å². The lowest BCUT2D eigenvalue weighted by atomic mass is 9.80. The molecular weight excluding hydrogens is 619 g/mol. The van der Waals surface area contributed by atoms with E-state index < -0.39 is 0 Å². The van der Waals surface area contributed by atoms with Crippen LogP contribution in [0, 0.1) is 23.7 Å². The van der Waals surface area contributed by atoms with E-state index in [2.05, 4.69) is 71.6 Å². The van der Waals surface area contributed by atoms with Crippen LogP contribution in [0.1, 0.15) is 143 Å². The molecular formula is C41H73NO3S2. The second kappa shape index (κ2) is 23.9. The van der Waals surface area contributed by atoms with Crippen molar-refractivity contribution in [3.05, 3.63) is 29.3 Å². The normalized spacial score (nSPS) is 18.2. The van der Waals surface area contributed by atoms with E-state index in [1.54, 1.807) is 0 Å². The SMILES string of the molecule is CCC(OCCSSCCOc1ccc2c(c1)CCN(CCCC(C)CCCC(C)CCCC(C)C)C2)C(CC1CCC1)OC(C)C. The first kappa shape index (κ1) is 41.0. The maximum Gasteiger partial charge on any atom is 0.119 e. The number of hydrogen-bond acceptors (Lipinski definition) is 6. The molecule has 0 amide bonds. The summed E-state index contributed by atoms with van der Waals surface area (Å²) in [5.41, 5.74) is 2.98. The van der Waals surface area contributed by atoms with E-state index >= 15 is 0 Å². The molecule has 1 aliphatic heterocycles. The number of nitrogens with zero attached hydrogens (tertiary/aromatic N) is 1. The van der Waals surface area contributed by atoms with Crippen LogP contribution in [0.5, 0.6) is 5.75 Å². The Morgan fingerprint density at radius 3 is 2.13 bits per heavy atom. The van der Waals surface area contributed by atoms with Crippen LogP contribution in [0.2, 0.25) is 0 Å². The highest BCUT2D eigenvalue weighted by atomic mass is 33.1. The van der Waals surface area contributed by atoms with Crippen molar-refractivity contribution < 1.29 is 14.2 Å². The Kier molecular flexibility index (Phi) is 20.9. The lowest BCUT2D eigenvalue weighted by molar-refractivity contribution is -0.103. The largest absolute Gasteiger partial charge is 0.493 e. The van der Waals surface area contributed by atoms with Crippen molar-refractivity contribution in [2.75, 3.05) is 37.8 Å². The van der Waals surface area contributed by atoms with E-state index in [0.29, 0.717) is 0 Å². The maximum absolute atomic E-state index is 6.33. The van der Waals surface area contributed by atoms with Crippen LogP contribution >= 0.6 is 21.6 Å². The summed E-state index contributed by atoms with van der Waals surface area (Å²) in [7, 11) is 3.80. The molecule has 6 heteroatoms. The molecule has 4 atom stereocenters. The Balaban J connectivity index is 1.21. The minimum absolute atomic E-state index is 0.213. The Hall–Kier alpha value is -0.400. The van der Waals surface area contributed by atoms with Gasteiger partial charge in [-0.3, -0.25) is 4.90 Å². The first-order valence-electron chi connectivity index (χ1n) is 19.7. The highest BCUT2D eigenvalue weighted by molar-refractivity contribution is 8.76. The molecule has 47 heavy (non-hydrogen) atoms. The lowest BCUT2D eigenvalue weighted by Crippen LogP contribution is -2.36. The summed E-state index contributed by atoms with van der Waals surface area (Å²) in [5, 5.41) is 0. The van der Waals surface area contributed by atoms with Crippen LogP contribution in [0.25, 0.3) is 0 Å². The average molecular weight is 692 g/mol. The molecule has 0 saturated heterocycles. The van der Waals surface area contributed by atoms with Crippen molar-refractivity contribution in [1.29, 1.82) is 0 Å². The van der Waals surface area contributed by atoms with Crippen LogP contribution in [-0.4, -0.2) is 61.0 Å². The van der Waals surface area contributed by atoms with Gasteiger partial charge in [0.1, 0.15) is 5.75 Å². The van der Waals surface area contributed by atoms with Gasteiger partial charge in [-0.1, -0.05) is 120 Å². The van der Waals surface area contributed by atoms with Crippen molar-refractivity contribution in [2.24, 2.45) is 23.7 Å². The summed E-state index contributed by atoms with van der Waals surface area (Å²) >= 11 is 0. The third-order valence-corrected chi connectivity index (χ3v) is 12.7. The van der Waals surface area contributed by atoms with Crippen LogP contribution in [-0.2, 0) is 22.4 Å². The number of benzene rings is 1. The van der Waals surface area contributed by atoms with E-state index in [0.717, 1.165) is 79.9 Å². The topological polar surface area (TPSA) is 30.9 Å². The van der Waals surface area contributed by atoms with Crippen molar-refractivity contribution in [3.63, 3.8) is 0 Å². The van der Waals surface area contributed by atoms with Crippen LogP contribution in [0.3, 0.4) is 0 Å². The molecule has 1 saturated carbocycles. The van der Waals surface area contributed by atoms with Gasteiger partial charge in [0, 0.05) is 24.6 Å². The van der Waals surface area contributed by atoms with Gasteiger partial charge >= 0.3 is 0 Å². The molecule has 3 rings (SSSR count). The molecule has 0 radical (unpaired) electrons. The fraction of sp³-hybridized carbons (Fsp3) is 0.854. The molecule has 0 N–H and O–H groups in total. The van der Waals surface area contributed by atoms with E-state index in [9.17, 15) is 0 Å². The summed E-state index contributed by atoms with van der Waals surface area (Å²) in [6.45, 7) is 21.2. The predicted octanol–water partition coefficient (Wildman–Crippen LogP) is 11.6. The van der Waals surface area contributed by atoms with Crippen LogP contribution in [0.4, 0.5) is 0 Å². The van der Waals surface area contributed by atoms with Gasteiger partial charge in [0.2, 0.25) is 0 Å². The number of hydrogen-bond donors (Lipinski definition) is 0. The maximum atomic E-state index is 6.33. The molecule has 0 spiro atoms. The van der Waals surface area contributed by atoms with Crippen LogP contribution in [0.15, 0.2) is 18.2 Å². The molecule has 4 nitrogen and oxygen atoms in total. The summed E-state index contributed by atoms with van der Waals surface area (Å²) in [4.78, 5) is 2.67. The van der Waals surface area contributed by atoms with E-state index in [1.165, 1.54) is 94.8 Å². The average Bonchev–Trinajstić information content (AvgIpc) is 3.01. The molecule has 1 aromatic rings. The molecule has 1 aliphatic carbocycles. The van der Waals surface area contributed by atoms with Gasteiger partial charge in [-0.05, 0) is 99.4 Å². The minimum Gasteiger partial charge on any atom is -0.493 e. The molecule has 4 unspecified atom stereocenters. The number of rotatable bonds is 27. The predicted molar refractivity (Wildman–Crippen MR) is 208 cm³/mol. The van der Waals surface area contributed by atoms with Crippen molar-refractivity contribution in [1.82, 2.24) is 4.90 Å². The Morgan fingerprint density at radius 1 is 0.809 bits per heavy atom. The van der Waals surface area contributed by atoms with E-state index in [1.807, 2.05) is 21.6 Å². The van der Waals surface area contributed by atoms with Gasteiger partial charge < -0.3 is 14.2 Å². The first-order chi connectivity index (χ1) is 22.7. The van der Waals surface area contributed by atoms with Crippen molar-refractivity contribution in [2.45, 2.75) is 163 Å². The highest BCUT2D eigenvalue weighted by Gasteiger charge is 2.29. The third-order valence-electron chi connectivity index (χ3n) is 10.4. The van der Waals surface area contributed by atoms with Gasteiger partial charge in [0.15, 0.2) is 0 Å². The van der Waals surface area contributed by atoms with Crippen LogP contribution < -0.4 is 4.74 Å². The van der Waals surface area contributed by atoms with E-state index in [-0.39, 0.29) is 18.3 Å². The zero-order chi connectivity index (χ0) is 33.9. The summed E-state index contributed by atoms with van der Waals surface area (Å²) in [6.07, 6.45) is 19.3. The molecule has 272 valence electrons. The Morgan fingerprint density at radius 2 is 1.49 bits per heavy atom. The molecule has 0 aromatic heterocycles. The monoisotopic (exact) mass is 692 g/mol. The van der Waals surface area contributed by atoms with E-state index in [4.69, 9.17) is 14.2 Å². The molecule has 1 fully saturated rings.